The van der Waals surface area contributed by atoms with Crippen LogP contribution in [0, 0.1) is 11.3 Å². The summed E-state index contributed by atoms with van der Waals surface area (Å²) in [6.45, 7) is 4.31. The van der Waals surface area contributed by atoms with Gasteiger partial charge in [0.15, 0.2) is 0 Å². The third kappa shape index (κ3) is 3.34. The number of anilines is 1. The number of hydrazone groups is 1. The van der Waals surface area contributed by atoms with Gasteiger partial charge in [-0.25, -0.2) is 5.43 Å². The first kappa shape index (κ1) is 17.0. The number of rotatable bonds is 2. The molecule has 1 saturated carbocycles. The highest BCUT2D eigenvalue weighted by molar-refractivity contribution is 5.90. The van der Waals surface area contributed by atoms with E-state index in [9.17, 15) is 13.2 Å². The van der Waals surface area contributed by atoms with Crippen LogP contribution in [0.15, 0.2) is 29.4 Å². The van der Waals surface area contributed by atoms with E-state index in [-0.39, 0.29) is 23.5 Å². The number of nitrogens with two attached hydrogens (primary N) is 1. The van der Waals surface area contributed by atoms with Crippen molar-refractivity contribution in [2.24, 2.45) is 22.3 Å². The number of fused-ring (bicyclic) bond motifs is 1. The van der Waals surface area contributed by atoms with Crippen molar-refractivity contribution in [3.8, 4) is 0 Å². The van der Waals surface area contributed by atoms with Gasteiger partial charge < -0.3 is 11.2 Å². The van der Waals surface area contributed by atoms with Crippen LogP contribution in [0.2, 0.25) is 0 Å². The Hall–Kier alpha value is -1.80. The fourth-order valence-electron chi connectivity index (χ4n) is 3.71. The monoisotopic (exact) mass is 341 g/mol. The van der Waals surface area contributed by atoms with Crippen molar-refractivity contribution in [2.45, 2.75) is 45.1 Å². The smallest absolute Gasteiger partial charge is 0.368 e. The maximum Gasteiger partial charge on any atom is 0.416 e. The molecule has 3 atom stereocenters. The third-order valence-corrected chi connectivity index (χ3v) is 4.71. The molecule has 0 bridgehead atoms. The number of hydrogen-bond donors (Lipinski definition) is 4. The van der Waals surface area contributed by atoms with Gasteiger partial charge in [-0.2, -0.15) is 18.3 Å². The van der Waals surface area contributed by atoms with Gasteiger partial charge in [-0.05, 0) is 36.5 Å². The Morgan fingerprint density at radius 2 is 2.04 bits per heavy atom. The van der Waals surface area contributed by atoms with Gasteiger partial charge in [0.1, 0.15) is 0 Å². The molecule has 0 radical (unpaired) electrons. The summed E-state index contributed by atoms with van der Waals surface area (Å²) in [5.74, 6) is 5.57. The molecule has 1 aromatic carbocycles. The summed E-state index contributed by atoms with van der Waals surface area (Å²) in [5.41, 5.74) is 7.04. The van der Waals surface area contributed by atoms with Crippen molar-refractivity contribution in [1.82, 2.24) is 10.9 Å². The quantitative estimate of drug-likeness (QED) is 0.493. The molecule has 0 spiro atoms. The fraction of sp³-hybridized carbons (Fsp3) is 0.562. The van der Waals surface area contributed by atoms with Gasteiger partial charge in [-0.1, -0.05) is 19.9 Å². The van der Waals surface area contributed by atoms with Crippen LogP contribution in [0.1, 0.15) is 32.3 Å². The molecule has 132 valence electrons. The number of nitrogens with zero attached hydrogens (tertiary/aromatic N) is 1. The number of halogens is 3. The highest BCUT2D eigenvalue weighted by Gasteiger charge is 2.46. The lowest BCUT2D eigenvalue weighted by Crippen LogP contribution is -2.46. The van der Waals surface area contributed by atoms with Crippen LogP contribution in [-0.2, 0) is 6.18 Å². The van der Waals surface area contributed by atoms with Crippen LogP contribution in [0.4, 0.5) is 18.9 Å². The largest absolute Gasteiger partial charge is 0.416 e. The molecule has 5 nitrogen and oxygen atoms in total. The molecule has 0 aromatic heterocycles. The van der Waals surface area contributed by atoms with Gasteiger partial charge >= 0.3 is 6.18 Å². The number of nitrogens with one attached hydrogen (secondary N) is 3. The van der Waals surface area contributed by atoms with Gasteiger partial charge in [-0.15, -0.1) is 0 Å². The van der Waals surface area contributed by atoms with Gasteiger partial charge in [0.05, 0.1) is 17.6 Å². The molecule has 5 N–H and O–H groups in total. The van der Waals surface area contributed by atoms with Crippen molar-refractivity contribution in [3.63, 3.8) is 0 Å². The lowest BCUT2D eigenvalue weighted by Gasteiger charge is -2.38. The third-order valence-electron chi connectivity index (χ3n) is 4.71. The van der Waals surface area contributed by atoms with Crippen molar-refractivity contribution in [2.75, 3.05) is 5.32 Å². The van der Waals surface area contributed by atoms with Crippen molar-refractivity contribution >= 4 is 11.4 Å². The normalized spacial score (nSPS) is 31.0. The molecule has 1 aromatic rings. The van der Waals surface area contributed by atoms with E-state index in [0.29, 0.717) is 5.69 Å². The van der Waals surface area contributed by atoms with E-state index in [1.54, 1.807) is 6.07 Å². The second-order valence-corrected chi connectivity index (χ2v) is 7.29. The van der Waals surface area contributed by atoms with Crippen molar-refractivity contribution in [3.05, 3.63) is 29.8 Å². The lowest BCUT2D eigenvalue weighted by atomic mass is 9.69. The van der Waals surface area contributed by atoms with E-state index < -0.39 is 11.7 Å². The van der Waals surface area contributed by atoms with Crippen LogP contribution >= 0.6 is 0 Å². The molecule has 3 rings (SSSR count). The summed E-state index contributed by atoms with van der Waals surface area (Å²) in [7, 11) is 0. The standard InChI is InChI=1S/C16H22F3N5/c1-15(2)7-11(22-20)13-12(8-15)23-24-14(13)21-10-5-3-4-9(6-10)16(17,18)19/h3-6,12-14,21,23-24H,7-8,20H2,1-2H3/b22-11-. The summed E-state index contributed by atoms with van der Waals surface area (Å²) in [5, 5.41) is 7.09. The molecule has 1 heterocycles. The minimum atomic E-state index is -4.36. The van der Waals surface area contributed by atoms with E-state index in [2.05, 4.69) is 35.1 Å². The van der Waals surface area contributed by atoms with Crippen LogP contribution in [-0.4, -0.2) is 17.9 Å². The van der Waals surface area contributed by atoms with Gasteiger partial charge in [0.2, 0.25) is 0 Å². The zero-order valence-electron chi connectivity index (χ0n) is 13.6. The van der Waals surface area contributed by atoms with E-state index in [0.717, 1.165) is 30.7 Å². The predicted octanol–water partition coefficient (Wildman–Crippen LogP) is 2.67. The zero-order valence-corrected chi connectivity index (χ0v) is 13.6. The van der Waals surface area contributed by atoms with Gasteiger partial charge in [-0.3, -0.25) is 5.43 Å². The number of hydrogen-bond acceptors (Lipinski definition) is 5. The van der Waals surface area contributed by atoms with Crippen LogP contribution in [0.3, 0.4) is 0 Å². The first-order valence-corrected chi connectivity index (χ1v) is 7.91. The van der Waals surface area contributed by atoms with E-state index >= 15 is 0 Å². The molecular formula is C16H22F3N5. The number of hydrazine groups is 1. The molecule has 0 amide bonds. The maximum atomic E-state index is 12.9. The number of benzene rings is 1. The Labute approximate surface area is 138 Å². The second-order valence-electron chi connectivity index (χ2n) is 7.29. The Morgan fingerprint density at radius 3 is 2.71 bits per heavy atom. The van der Waals surface area contributed by atoms with Crippen molar-refractivity contribution in [1.29, 1.82) is 0 Å². The summed E-state index contributed by atoms with van der Waals surface area (Å²) in [6.07, 6.45) is -2.92. The van der Waals surface area contributed by atoms with E-state index in [1.807, 2.05) is 0 Å². The highest BCUT2D eigenvalue weighted by atomic mass is 19.4. The summed E-state index contributed by atoms with van der Waals surface area (Å²) >= 11 is 0. The molecule has 3 unspecified atom stereocenters. The van der Waals surface area contributed by atoms with Crippen LogP contribution < -0.4 is 22.0 Å². The Morgan fingerprint density at radius 1 is 1.29 bits per heavy atom. The molecule has 1 aliphatic heterocycles. The SMILES string of the molecule is CC1(C)C/C(=N/N)C2C(C1)NNC2Nc1cccc(C(F)(F)F)c1. The fourth-order valence-corrected chi connectivity index (χ4v) is 3.71. The number of alkyl halides is 3. The minimum absolute atomic E-state index is 0.00225. The van der Waals surface area contributed by atoms with Crippen LogP contribution in [0.25, 0.3) is 0 Å². The van der Waals surface area contributed by atoms with Gasteiger partial charge in [0, 0.05) is 17.4 Å². The molecule has 8 heteroatoms. The van der Waals surface area contributed by atoms with Gasteiger partial charge in [0.25, 0.3) is 0 Å². The molecule has 2 aliphatic rings. The summed E-state index contributed by atoms with van der Waals surface area (Å²) in [4.78, 5) is 0. The van der Waals surface area contributed by atoms with E-state index in [4.69, 9.17) is 5.84 Å². The Kier molecular flexibility index (Phi) is 4.21. The molecule has 1 aliphatic carbocycles. The molecule has 2 fully saturated rings. The minimum Gasteiger partial charge on any atom is -0.368 e. The zero-order chi connectivity index (χ0) is 17.5. The Bertz CT molecular complexity index is 641. The first-order valence-electron chi connectivity index (χ1n) is 7.91. The van der Waals surface area contributed by atoms with Crippen LogP contribution in [0.5, 0.6) is 0 Å². The first-order chi connectivity index (χ1) is 11.2. The highest BCUT2D eigenvalue weighted by Crippen LogP contribution is 2.40. The Balaban J connectivity index is 1.80. The average Bonchev–Trinajstić information content (AvgIpc) is 2.87. The topological polar surface area (TPSA) is 74.5 Å². The molecule has 1 saturated heterocycles. The van der Waals surface area contributed by atoms with E-state index in [1.165, 1.54) is 6.07 Å². The van der Waals surface area contributed by atoms with Crippen molar-refractivity contribution < 1.29 is 13.2 Å². The predicted molar refractivity (Wildman–Crippen MR) is 87.0 cm³/mol. The molecule has 24 heavy (non-hydrogen) atoms. The summed E-state index contributed by atoms with van der Waals surface area (Å²) in [6, 6.07) is 5.33. The molecular weight excluding hydrogens is 319 g/mol. The second kappa shape index (κ2) is 5.93. The average molecular weight is 341 g/mol. The maximum absolute atomic E-state index is 12.9. The lowest BCUT2D eigenvalue weighted by molar-refractivity contribution is -0.137. The summed E-state index contributed by atoms with van der Waals surface area (Å²) < 4.78 is 38.6.